The molecule has 160 valence electrons. The maximum Gasteiger partial charge on any atom is 0.251 e. The highest BCUT2D eigenvalue weighted by atomic mass is 16.1. The summed E-state index contributed by atoms with van der Waals surface area (Å²) < 4.78 is 0. The van der Waals surface area contributed by atoms with Crippen molar-refractivity contribution in [3.8, 4) is 0 Å². The van der Waals surface area contributed by atoms with Crippen molar-refractivity contribution in [2.24, 2.45) is 22.2 Å². The van der Waals surface area contributed by atoms with Crippen molar-refractivity contribution >= 4 is 11.6 Å². The van der Waals surface area contributed by atoms with E-state index >= 15 is 0 Å². The normalized spacial score (nSPS) is 35.7. The van der Waals surface area contributed by atoms with Crippen LogP contribution in [-0.2, 0) is 16.8 Å². The number of benzene rings is 2. The molecule has 5 fully saturated rings. The average molecular weight is 413 g/mol. The molecule has 0 aromatic heterocycles. The fourth-order valence-corrected chi connectivity index (χ4v) is 7.68. The van der Waals surface area contributed by atoms with Gasteiger partial charge in [0.25, 0.3) is 5.91 Å². The largest absolute Gasteiger partial charge is 0.293 e. The molecule has 2 atom stereocenters. The molecule has 2 unspecified atom stereocenters. The van der Waals surface area contributed by atoms with Crippen LogP contribution in [0.15, 0.2) is 65.7 Å². The van der Waals surface area contributed by atoms with Crippen molar-refractivity contribution in [1.82, 2.24) is 4.90 Å². The van der Waals surface area contributed by atoms with Crippen molar-refractivity contribution in [1.29, 1.82) is 0 Å². The third kappa shape index (κ3) is 3.47. The summed E-state index contributed by atoms with van der Waals surface area (Å²) >= 11 is 0. The Hall–Kier alpha value is -2.26. The third-order valence-corrected chi connectivity index (χ3v) is 8.53. The van der Waals surface area contributed by atoms with E-state index in [1.54, 1.807) is 0 Å². The number of hydrogen-bond acceptors (Lipinski definition) is 2. The van der Waals surface area contributed by atoms with E-state index in [1.165, 1.54) is 30.4 Å². The minimum atomic E-state index is -0.209. The van der Waals surface area contributed by atoms with Gasteiger partial charge in [-0.15, -0.1) is 0 Å². The Morgan fingerprint density at radius 2 is 1.61 bits per heavy atom. The van der Waals surface area contributed by atoms with Gasteiger partial charge in [-0.05, 0) is 73.3 Å². The van der Waals surface area contributed by atoms with Gasteiger partial charge in [0, 0.05) is 25.3 Å². The average Bonchev–Trinajstić information content (AvgIpc) is 3.21. The van der Waals surface area contributed by atoms with Gasteiger partial charge in [0.2, 0.25) is 0 Å². The Morgan fingerprint density at radius 3 is 2.32 bits per heavy atom. The van der Waals surface area contributed by atoms with Crippen LogP contribution < -0.4 is 0 Å². The first kappa shape index (κ1) is 19.4. The number of nitrogens with zero attached hydrogens (tertiary/aromatic N) is 2. The Balaban J connectivity index is 1.21. The monoisotopic (exact) mass is 412 g/mol. The molecule has 2 aromatic carbocycles. The molecule has 0 spiro atoms. The van der Waals surface area contributed by atoms with Crippen molar-refractivity contribution in [2.75, 3.05) is 13.1 Å². The quantitative estimate of drug-likeness (QED) is 0.674. The third-order valence-electron chi connectivity index (χ3n) is 8.53. The predicted molar refractivity (Wildman–Crippen MR) is 124 cm³/mol. The molecule has 4 aliphatic carbocycles. The second kappa shape index (κ2) is 7.41. The topological polar surface area (TPSA) is 32.7 Å². The molecule has 1 heterocycles. The van der Waals surface area contributed by atoms with E-state index in [1.807, 2.05) is 0 Å². The van der Waals surface area contributed by atoms with Gasteiger partial charge in [0.1, 0.15) is 0 Å². The van der Waals surface area contributed by atoms with E-state index in [-0.39, 0.29) is 16.7 Å². The highest BCUT2D eigenvalue weighted by Gasteiger charge is 2.61. The lowest BCUT2D eigenvalue weighted by molar-refractivity contribution is -0.145. The Kier molecular flexibility index (Phi) is 4.64. The second-order valence-electron chi connectivity index (χ2n) is 10.8. The van der Waals surface area contributed by atoms with Crippen molar-refractivity contribution in [2.45, 2.75) is 56.9 Å². The van der Waals surface area contributed by atoms with Crippen molar-refractivity contribution in [3.05, 3.63) is 71.8 Å². The number of rotatable bonds is 4. The van der Waals surface area contributed by atoms with Crippen LogP contribution >= 0.6 is 0 Å². The molecule has 3 heteroatoms. The van der Waals surface area contributed by atoms with Gasteiger partial charge in [0.05, 0.1) is 5.41 Å². The van der Waals surface area contributed by atoms with Gasteiger partial charge in [-0.2, -0.15) is 0 Å². The molecule has 7 rings (SSSR count). The van der Waals surface area contributed by atoms with E-state index < -0.39 is 0 Å². The molecular formula is C28H32N2O. The highest BCUT2D eigenvalue weighted by molar-refractivity contribution is 6.00. The predicted octanol–water partition coefficient (Wildman–Crippen LogP) is 5.40. The number of carbonyl (C=O) groups excluding carboxylic acids is 1. The van der Waals surface area contributed by atoms with Crippen LogP contribution in [0.2, 0.25) is 0 Å². The molecule has 2 aromatic rings. The summed E-state index contributed by atoms with van der Waals surface area (Å²) in [6.45, 7) is 2.79. The zero-order valence-corrected chi connectivity index (χ0v) is 18.3. The second-order valence-corrected chi connectivity index (χ2v) is 10.8. The van der Waals surface area contributed by atoms with Crippen LogP contribution in [-0.4, -0.2) is 29.6 Å². The fourth-order valence-electron chi connectivity index (χ4n) is 7.68. The minimum Gasteiger partial charge on any atom is -0.293 e. The molecule has 31 heavy (non-hydrogen) atoms. The first-order valence-electron chi connectivity index (χ1n) is 12.1. The van der Waals surface area contributed by atoms with E-state index in [0.29, 0.717) is 11.8 Å². The van der Waals surface area contributed by atoms with E-state index in [9.17, 15) is 4.79 Å². The molecule has 0 N–H and O–H groups in total. The van der Waals surface area contributed by atoms with Gasteiger partial charge < -0.3 is 0 Å². The summed E-state index contributed by atoms with van der Waals surface area (Å²) in [5.74, 6) is 1.60. The lowest BCUT2D eigenvalue weighted by Gasteiger charge is -2.61. The van der Waals surface area contributed by atoms with Gasteiger partial charge >= 0.3 is 0 Å². The van der Waals surface area contributed by atoms with Crippen LogP contribution in [0.3, 0.4) is 0 Å². The Bertz CT molecular complexity index is 982. The number of likely N-dealkylation sites (tertiary alicyclic amines) is 1. The lowest BCUT2D eigenvalue weighted by atomic mass is 9.42. The van der Waals surface area contributed by atoms with Crippen LogP contribution in [0.25, 0.3) is 0 Å². The van der Waals surface area contributed by atoms with Crippen LogP contribution in [0, 0.1) is 17.3 Å². The van der Waals surface area contributed by atoms with E-state index in [0.717, 1.165) is 51.0 Å². The molecule has 1 aliphatic heterocycles. The molecule has 4 saturated carbocycles. The summed E-state index contributed by atoms with van der Waals surface area (Å²) in [7, 11) is 0. The molecular weight excluding hydrogens is 380 g/mol. The smallest absolute Gasteiger partial charge is 0.251 e. The Labute approximate surface area is 185 Å². The summed E-state index contributed by atoms with van der Waals surface area (Å²) in [4.78, 5) is 20.9. The highest BCUT2D eigenvalue weighted by Crippen LogP contribution is 2.66. The lowest BCUT2D eigenvalue weighted by Crippen LogP contribution is -2.56. The maximum atomic E-state index is 13.7. The van der Waals surface area contributed by atoms with Gasteiger partial charge in [-0.25, -0.2) is 4.99 Å². The van der Waals surface area contributed by atoms with Crippen molar-refractivity contribution < 1.29 is 4.79 Å². The number of amides is 1. The number of aliphatic imine (C=N–C) groups is 1. The molecule has 1 saturated heterocycles. The SMILES string of the molecule is O=C(/N=C1/CCN(Cc2ccccc2)C1)C12CC3CC(C1)CC(c1ccccc1)(C3)C2. The number of carbonyl (C=O) groups is 1. The van der Waals surface area contributed by atoms with Gasteiger partial charge in [-0.1, -0.05) is 60.7 Å². The summed E-state index contributed by atoms with van der Waals surface area (Å²) in [6.07, 6.45) is 7.95. The molecule has 0 radical (unpaired) electrons. The van der Waals surface area contributed by atoms with E-state index in [4.69, 9.17) is 4.99 Å². The first-order valence-corrected chi connectivity index (χ1v) is 12.1. The maximum absolute atomic E-state index is 13.7. The van der Waals surface area contributed by atoms with E-state index in [2.05, 4.69) is 65.6 Å². The summed E-state index contributed by atoms with van der Waals surface area (Å²) in [5, 5.41) is 0. The zero-order valence-electron chi connectivity index (χ0n) is 18.3. The number of hydrogen-bond donors (Lipinski definition) is 0. The van der Waals surface area contributed by atoms with Crippen molar-refractivity contribution in [3.63, 3.8) is 0 Å². The standard InChI is InChI=1S/C28H32N2O/c31-26(29-25-11-12-30(19-25)18-21-7-3-1-4-8-21)28-16-22-13-23(17-28)15-27(14-22,20-28)24-9-5-2-6-10-24/h1-10,22-23H,11-20H2/b29-25-. The van der Waals surface area contributed by atoms with Crippen LogP contribution in [0.4, 0.5) is 0 Å². The van der Waals surface area contributed by atoms with Gasteiger partial charge in [-0.3, -0.25) is 9.69 Å². The summed E-state index contributed by atoms with van der Waals surface area (Å²) in [6, 6.07) is 21.7. The van der Waals surface area contributed by atoms with Crippen LogP contribution in [0.5, 0.6) is 0 Å². The van der Waals surface area contributed by atoms with Gasteiger partial charge in [0.15, 0.2) is 0 Å². The Morgan fingerprint density at radius 1 is 0.935 bits per heavy atom. The first-order chi connectivity index (χ1) is 15.1. The minimum absolute atomic E-state index is 0.205. The fraction of sp³-hybridized carbons (Fsp3) is 0.500. The zero-order chi connectivity index (χ0) is 20.9. The molecule has 4 bridgehead atoms. The molecule has 5 aliphatic rings. The molecule has 1 amide bonds. The molecule has 3 nitrogen and oxygen atoms in total. The summed E-state index contributed by atoms with van der Waals surface area (Å²) in [5.41, 5.74) is 3.89. The van der Waals surface area contributed by atoms with Crippen LogP contribution in [0.1, 0.15) is 56.1 Å².